The van der Waals surface area contributed by atoms with Gasteiger partial charge in [0, 0.05) is 6.07 Å². The fraction of sp³-hybridized carbons (Fsp3) is 0.500. The largest absolute Gasteiger partial charge is 0.461 e. The molecule has 0 bridgehead atoms. The molecule has 21 heavy (non-hydrogen) atoms. The van der Waals surface area contributed by atoms with Crippen molar-refractivity contribution in [2.45, 2.75) is 32.3 Å². The van der Waals surface area contributed by atoms with Gasteiger partial charge in [-0.3, -0.25) is 9.78 Å². The molecule has 0 spiro atoms. The smallest absolute Gasteiger partial charge is 0.337 e. The van der Waals surface area contributed by atoms with E-state index >= 15 is 0 Å². The predicted octanol–water partition coefficient (Wildman–Crippen LogP) is 1.71. The van der Waals surface area contributed by atoms with E-state index in [1.165, 1.54) is 6.07 Å². The zero-order chi connectivity index (χ0) is 14.8. The van der Waals surface area contributed by atoms with E-state index < -0.39 is 5.63 Å². The monoisotopic (exact) mass is 308 g/mol. The third-order valence-corrected chi connectivity index (χ3v) is 4.55. The number of fused-ring (bicyclic) bond motifs is 1. The lowest BCUT2D eigenvalue weighted by Gasteiger charge is -2.21. The van der Waals surface area contributed by atoms with Gasteiger partial charge in [0.05, 0.1) is 0 Å². The summed E-state index contributed by atoms with van der Waals surface area (Å²) in [5, 5.41) is 0.323. The summed E-state index contributed by atoms with van der Waals surface area (Å²) in [6.45, 7) is 1.87. The molecule has 0 saturated carbocycles. The van der Waals surface area contributed by atoms with Gasteiger partial charge in [0.15, 0.2) is 0 Å². The summed E-state index contributed by atoms with van der Waals surface area (Å²) in [6, 6.07) is 1.46. The van der Waals surface area contributed by atoms with Crippen LogP contribution in [0.15, 0.2) is 20.1 Å². The average Bonchev–Trinajstić information content (AvgIpc) is 2.46. The maximum atomic E-state index is 12.2. The number of rotatable bonds is 3. The molecule has 3 heterocycles. The van der Waals surface area contributed by atoms with Crippen molar-refractivity contribution >= 4 is 22.9 Å². The van der Waals surface area contributed by atoms with Crippen LogP contribution in [0.2, 0.25) is 0 Å². The van der Waals surface area contributed by atoms with E-state index in [4.69, 9.17) is 9.15 Å². The van der Waals surface area contributed by atoms with Gasteiger partial charge in [0.25, 0.3) is 11.6 Å². The lowest BCUT2D eigenvalue weighted by Crippen LogP contribution is -2.24. The van der Waals surface area contributed by atoms with Crippen LogP contribution in [0, 0.1) is 0 Å². The second-order valence-electron chi connectivity index (χ2n) is 4.93. The molecule has 3 rings (SSSR count). The first-order valence-electron chi connectivity index (χ1n) is 6.99. The van der Waals surface area contributed by atoms with Crippen LogP contribution in [-0.4, -0.2) is 27.6 Å². The van der Waals surface area contributed by atoms with E-state index in [9.17, 15) is 9.59 Å². The number of H-pyrrole nitrogens is 1. The van der Waals surface area contributed by atoms with Crippen LogP contribution < -0.4 is 15.9 Å². The number of nitrogens with one attached hydrogen (secondary N) is 1. The van der Waals surface area contributed by atoms with Crippen LogP contribution >= 0.6 is 11.8 Å². The van der Waals surface area contributed by atoms with Crippen molar-refractivity contribution in [2.75, 3.05) is 11.5 Å². The van der Waals surface area contributed by atoms with Crippen molar-refractivity contribution in [2.24, 2.45) is 0 Å². The Labute approximate surface area is 124 Å². The second kappa shape index (κ2) is 5.93. The van der Waals surface area contributed by atoms with Gasteiger partial charge in [-0.05, 0) is 36.3 Å². The third-order valence-electron chi connectivity index (χ3n) is 3.50. The summed E-state index contributed by atoms with van der Waals surface area (Å²) in [5.41, 5.74) is -0.155. The topological polar surface area (TPSA) is 85.2 Å². The Balaban J connectivity index is 2.02. The van der Waals surface area contributed by atoms with Gasteiger partial charge >= 0.3 is 5.63 Å². The van der Waals surface area contributed by atoms with Gasteiger partial charge in [-0.15, -0.1) is 0 Å². The zero-order valence-corrected chi connectivity index (χ0v) is 12.5. The van der Waals surface area contributed by atoms with Crippen molar-refractivity contribution in [3.63, 3.8) is 0 Å². The minimum atomic E-state index is -0.502. The third kappa shape index (κ3) is 2.97. The maximum Gasteiger partial charge on any atom is 0.337 e. The Hall–Kier alpha value is -1.76. The fourth-order valence-electron chi connectivity index (χ4n) is 2.42. The number of aryl methyl sites for hydroxylation is 1. The first-order chi connectivity index (χ1) is 10.2. The molecule has 0 aliphatic carbocycles. The molecule has 2 aromatic heterocycles. The number of thioether (sulfide) groups is 1. The van der Waals surface area contributed by atoms with Gasteiger partial charge in [-0.25, -0.2) is 4.79 Å². The molecule has 0 unspecified atom stereocenters. The SMILES string of the molecule is CCc1cc(=O)oc2nc(OC3CCSCC3)[nH]c(=O)c12. The lowest BCUT2D eigenvalue weighted by atomic mass is 10.1. The minimum Gasteiger partial charge on any atom is -0.461 e. The molecule has 0 radical (unpaired) electrons. The predicted molar refractivity (Wildman–Crippen MR) is 81.3 cm³/mol. The van der Waals surface area contributed by atoms with E-state index in [-0.39, 0.29) is 23.4 Å². The molecule has 1 aliphatic heterocycles. The molecule has 0 aromatic carbocycles. The average molecular weight is 308 g/mol. The molecule has 0 atom stereocenters. The first kappa shape index (κ1) is 14.2. The molecule has 1 aliphatic rings. The van der Waals surface area contributed by atoms with Gasteiger partial charge < -0.3 is 9.15 Å². The highest BCUT2D eigenvalue weighted by atomic mass is 32.2. The van der Waals surface area contributed by atoms with Crippen LogP contribution in [0.3, 0.4) is 0 Å². The summed E-state index contributed by atoms with van der Waals surface area (Å²) < 4.78 is 10.8. The van der Waals surface area contributed by atoms with Gasteiger partial charge in [-0.2, -0.15) is 16.7 Å². The molecular formula is C14H16N2O4S. The number of hydrogen-bond donors (Lipinski definition) is 1. The summed E-state index contributed by atoms with van der Waals surface area (Å²) in [6.07, 6.45) is 2.46. The van der Waals surface area contributed by atoms with Gasteiger partial charge in [0.2, 0.25) is 5.71 Å². The van der Waals surface area contributed by atoms with Crippen LogP contribution in [0.25, 0.3) is 11.1 Å². The Morgan fingerprint density at radius 2 is 2.19 bits per heavy atom. The number of ether oxygens (including phenoxy) is 1. The van der Waals surface area contributed by atoms with Crippen molar-refractivity contribution in [3.05, 3.63) is 32.4 Å². The number of nitrogens with zero attached hydrogens (tertiary/aromatic N) is 1. The number of aromatic amines is 1. The van der Waals surface area contributed by atoms with Crippen molar-refractivity contribution in [3.8, 4) is 6.01 Å². The van der Waals surface area contributed by atoms with Crippen molar-refractivity contribution in [1.82, 2.24) is 9.97 Å². The van der Waals surface area contributed by atoms with E-state index in [1.54, 1.807) is 0 Å². The minimum absolute atomic E-state index is 0.0447. The highest BCUT2D eigenvalue weighted by Crippen LogP contribution is 2.21. The van der Waals surface area contributed by atoms with E-state index in [0.717, 1.165) is 24.3 Å². The Morgan fingerprint density at radius 1 is 1.43 bits per heavy atom. The zero-order valence-electron chi connectivity index (χ0n) is 11.7. The Morgan fingerprint density at radius 3 is 2.90 bits per heavy atom. The van der Waals surface area contributed by atoms with Crippen molar-refractivity contribution < 1.29 is 9.15 Å². The van der Waals surface area contributed by atoms with E-state index in [1.807, 2.05) is 18.7 Å². The van der Waals surface area contributed by atoms with Gasteiger partial charge in [0.1, 0.15) is 11.5 Å². The van der Waals surface area contributed by atoms with Crippen LogP contribution in [0.4, 0.5) is 0 Å². The first-order valence-corrected chi connectivity index (χ1v) is 8.14. The summed E-state index contributed by atoms with van der Waals surface area (Å²) in [7, 11) is 0. The lowest BCUT2D eigenvalue weighted by molar-refractivity contribution is 0.175. The fourth-order valence-corrected chi connectivity index (χ4v) is 3.48. The second-order valence-corrected chi connectivity index (χ2v) is 6.15. The highest BCUT2D eigenvalue weighted by molar-refractivity contribution is 7.99. The maximum absolute atomic E-state index is 12.2. The quantitative estimate of drug-likeness (QED) is 0.929. The molecule has 7 heteroatoms. The van der Waals surface area contributed by atoms with Crippen LogP contribution in [-0.2, 0) is 6.42 Å². The molecule has 6 nitrogen and oxygen atoms in total. The van der Waals surface area contributed by atoms with Crippen molar-refractivity contribution in [1.29, 1.82) is 0 Å². The molecular weight excluding hydrogens is 292 g/mol. The molecule has 2 aromatic rings. The highest BCUT2D eigenvalue weighted by Gasteiger charge is 2.18. The molecule has 1 N–H and O–H groups in total. The Kier molecular flexibility index (Phi) is 4.01. The summed E-state index contributed by atoms with van der Waals surface area (Å²) in [4.78, 5) is 30.5. The molecule has 1 fully saturated rings. The number of hydrogen-bond acceptors (Lipinski definition) is 6. The standard InChI is InChI=1S/C14H16N2O4S/c1-2-8-7-10(17)20-13-11(8)12(18)15-14(16-13)19-9-3-5-21-6-4-9/h7,9H,2-6H2,1H3,(H,15,16,18). The van der Waals surface area contributed by atoms with E-state index in [0.29, 0.717) is 17.4 Å². The summed E-state index contributed by atoms with van der Waals surface area (Å²) >= 11 is 1.89. The normalized spacial score (nSPS) is 16.2. The van der Waals surface area contributed by atoms with Crippen LogP contribution in [0.1, 0.15) is 25.3 Å². The molecule has 0 amide bonds. The molecule has 112 valence electrons. The van der Waals surface area contributed by atoms with E-state index in [2.05, 4.69) is 9.97 Å². The molecule has 1 saturated heterocycles. The number of aromatic nitrogens is 2. The summed E-state index contributed by atoms with van der Waals surface area (Å²) in [5.74, 6) is 2.08. The van der Waals surface area contributed by atoms with Crippen LogP contribution in [0.5, 0.6) is 6.01 Å². The van der Waals surface area contributed by atoms with Gasteiger partial charge in [-0.1, -0.05) is 6.92 Å². The Bertz CT molecular complexity index is 762.